The highest BCUT2D eigenvalue weighted by atomic mass is 16.7. The molecule has 1 aromatic heterocycles. The van der Waals surface area contributed by atoms with E-state index in [1.165, 1.54) is 6.92 Å². The minimum Gasteiger partial charge on any atom is -0.547 e. The van der Waals surface area contributed by atoms with Crippen LogP contribution in [-0.4, -0.2) is 56.6 Å². The Hall–Kier alpha value is -1.98. The van der Waals surface area contributed by atoms with E-state index in [1.807, 2.05) is 0 Å². The lowest BCUT2D eigenvalue weighted by molar-refractivity contribution is -0.342. The normalized spacial score (nSPS) is 32.9. The highest BCUT2D eigenvalue weighted by Crippen LogP contribution is 2.24. The van der Waals surface area contributed by atoms with E-state index < -0.39 is 54.8 Å². The molecule has 0 spiro atoms. The van der Waals surface area contributed by atoms with E-state index >= 15 is 0 Å². The molecule has 23 heavy (non-hydrogen) atoms. The summed E-state index contributed by atoms with van der Waals surface area (Å²) in [5, 5.41) is 40.1. The molecule has 5 atom stereocenters. The van der Waals surface area contributed by atoms with Gasteiger partial charge < -0.3 is 45.4 Å². The third kappa shape index (κ3) is 3.51. The molecule has 0 bridgehead atoms. The van der Waals surface area contributed by atoms with Crippen molar-refractivity contribution in [1.82, 2.24) is 10.7 Å². The Balaban J connectivity index is 0.00000338. The first kappa shape index (κ1) is 14.6. The van der Waals surface area contributed by atoms with Crippen LogP contribution in [0.1, 0.15) is 9.81 Å². The van der Waals surface area contributed by atoms with Gasteiger partial charge in [-0.25, -0.2) is 0 Å². The Bertz CT molecular complexity index is 722. The van der Waals surface area contributed by atoms with E-state index in [0.717, 1.165) is 16.8 Å². The van der Waals surface area contributed by atoms with Crippen molar-refractivity contribution in [2.75, 3.05) is 0 Å². The summed E-state index contributed by atoms with van der Waals surface area (Å²) >= 11 is 0. The minimum absolute atomic E-state index is 0. The van der Waals surface area contributed by atoms with Gasteiger partial charge >= 0.3 is 0 Å². The molecule has 1 fully saturated rings. The second kappa shape index (κ2) is 7.06. The Labute approximate surface area is 135 Å². The Morgan fingerprint density at radius 1 is 1.39 bits per heavy atom. The zero-order chi connectivity index (χ0) is 19.1. The summed E-state index contributed by atoms with van der Waals surface area (Å²) in [5.74, 6) is -2.37. The lowest BCUT2D eigenvalue weighted by Crippen LogP contribution is -2.63. The zero-order valence-corrected chi connectivity index (χ0v) is 12.4. The summed E-state index contributed by atoms with van der Waals surface area (Å²) in [6, 6.07) is 0.908. The first-order valence-corrected chi connectivity index (χ1v) is 6.25. The predicted molar refractivity (Wildman–Crippen MR) is 74.7 cm³/mol. The van der Waals surface area contributed by atoms with E-state index in [1.54, 1.807) is 0 Å². The van der Waals surface area contributed by atoms with E-state index in [2.05, 4.69) is 0 Å². The molecule has 0 saturated carbocycles. The first-order valence-electron chi connectivity index (χ1n) is 7.75. The third-order valence-corrected chi connectivity index (χ3v) is 3.32. The Morgan fingerprint density at radius 3 is 2.61 bits per heavy atom. The predicted octanol–water partition coefficient (Wildman–Crippen LogP) is -2.99. The van der Waals surface area contributed by atoms with Gasteiger partial charge in [0.15, 0.2) is 5.75 Å². The molecular formula is C13H20N2O8. The molecule has 2 heterocycles. The second-order valence-corrected chi connectivity index (χ2v) is 4.80. The van der Waals surface area contributed by atoms with Crippen molar-refractivity contribution in [1.29, 1.82) is 0 Å². The molecule has 10 nitrogen and oxygen atoms in total. The van der Waals surface area contributed by atoms with Gasteiger partial charge in [-0.05, 0) is 6.92 Å². The smallest absolute Gasteiger partial charge is 0.229 e. The van der Waals surface area contributed by atoms with Gasteiger partial charge in [-0.3, -0.25) is 4.79 Å². The van der Waals surface area contributed by atoms with Gasteiger partial charge in [-0.15, -0.1) is 0 Å². The quantitative estimate of drug-likeness (QED) is 0.451. The molecule has 1 aliphatic rings. The Morgan fingerprint density at radius 2 is 2.04 bits per heavy atom. The summed E-state index contributed by atoms with van der Waals surface area (Å²) in [4.78, 5) is 22.9. The van der Waals surface area contributed by atoms with Gasteiger partial charge in [0.2, 0.25) is 11.7 Å². The number of carbonyl (C=O) groups excluding carboxylic acids is 1. The molecule has 130 valence electrons. The summed E-state index contributed by atoms with van der Waals surface area (Å²) in [7, 11) is 0. The maximum Gasteiger partial charge on any atom is 0.229 e. The molecule has 0 amide bonds. The van der Waals surface area contributed by atoms with Gasteiger partial charge in [0.25, 0.3) is 0 Å². The van der Waals surface area contributed by atoms with Crippen LogP contribution in [0.4, 0.5) is 0 Å². The first-order chi connectivity index (χ1) is 11.4. The number of carboxylic acids is 1. The van der Waals surface area contributed by atoms with Gasteiger partial charge in [0, 0.05) is 23.4 Å². The van der Waals surface area contributed by atoms with E-state index in [-0.39, 0.29) is 11.8 Å². The molecule has 0 radical (unpaired) electrons. The number of pyridine rings is 1. The number of aryl methyl sites for hydroxylation is 1. The lowest BCUT2D eigenvalue weighted by Gasteiger charge is -2.40. The monoisotopic (exact) mass is 335 g/mol. The summed E-state index contributed by atoms with van der Waals surface area (Å²) in [6.07, 6.45) is -8.66. The topological polar surface area (TPSA) is 178 Å². The lowest BCUT2D eigenvalue weighted by atomic mass is 9.99. The fourth-order valence-electron chi connectivity index (χ4n) is 2.02. The van der Waals surface area contributed by atoms with Crippen LogP contribution in [0.15, 0.2) is 17.1 Å². The number of quaternary nitrogens is 1. The largest absolute Gasteiger partial charge is 0.547 e. The summed E-state index contributed by atoms with van der Waals surface area (Å²) < 4.78 is 32.9. The highest BCUT2D eigenvalue weighted by Gasteiger charge is 2.45. The molecular weight excluding hydrogens is 312 g/mol. The van der Waals surface area contributed by atoms with Crippen molar-refractivity contribution in [3.8, 4) is 5.75 Å². The van der Waals surface area contributed by atoms with Crippen LogP contribution in [-0.2, 0) is 16.5 Å². The number of aliphatic hydroxyl groups is 3. The van der Waals surface area contributed by atoms with Gasteiger partial charge in [-0.1, -0.05) is 0 Å². The van der Waals surface area contributed by atoms with Crippen LogP contribution in [0.2, 0.25) is 0 Å². The van der Waals surface area contributed by atoms with Crippen molar-refractivity contribution in [3.63, 3.8) is 0 Å². The molecule has 0 aromatic carbocycles. The molecule has 7 N–H and O–H groups in total. The van der Waals surface area contributed by atoms with Crippen LogP contribution in [0.5, 0.6) is 5.75 Å². The van der Waals surface area contributed by atoms with Crippen molar-refractivity contribution in [2.45, 2.75) is 37.6 Å². The molecule has 2 rings (SSSR count). The fourth-order valence-corrected chi connectivity index (χ4v) is 2.02. The second-order valence-electron chi connectivity index (χ2n) is 4.80. The number of ether oxygens (including phenoxy) is 2. The van der Waals surface area contributed by atoms with Crippen molar-refractivity contribution in [2.24, 2.45) is 6.98 Å². The van der Waals surface area contributed by atoms with Crippen LogP contribution in [0, 0.1) is 6.92 Å². The van der Waals surface area contributed by atoms with Crippen molar-refractivity contribution in [3.05, 3.63) is 28.2 Å². The number of aliphatic carboxylic acids is 1. The van der Waals surface area contributed by atoms with E-state index in [9.17, 15) is 30.0 Å². The maximum atomic E-state index is 12.0. The van der Waals surface area contributed by atoms with Crippen LogP contribution < -0.4 is 21.4 Å². The number of hydrogen-bond donors (Lipinski definition) is 4. The molecule has 1 saturated heterocycles. The number of aromatic nitrogens is 1. The number of rotatable bonds is 3. The van der Waals surface area contributed by atoms with Crippen LogP contribution >= 0.6 is 0 Å². The number of carboxylic acid groups (broad SMARTS) is 1. The van der Waals surface area contributed by atoms with Gasteiger partial charge in [0.1, 0.15) is 24.4 Å². The third-order valence-electron chi connectivity index (χ3n) is 3.32. The Kier molecular flexibility index (Phi) is 4.48. The van der Waals surface area contributed by atoms with E-state index in [0.29, 0.717) is 0 Å². The van der Waals surface area contributed by atoms with E-state index in [4.69, 9.17) is 13.6 Å². The average Bonchev–Trinajstić information content (AvgIpc) is 2.49. The standard InChI is InChI=1S/C13H17NO8.H3N/c1-5-10(6(15)3-4-14(5)2)21-13-9(18)7(16)8(17)11(22-13)12(19)20;/h3-4,7-9,11,13,16-18H,1-2H3,(H,19,20);1H3/t7-,8-,9+,11-,13+;/m0./s1/i2D3;. The summed E-state index contributed by atoms with van der Waals surface area (Å²) in [6.45, 7) is -1.36. The van der Waals surface area contributed by atoms with Gasteiger partial charge in [-0.2, -0.15) is 0 Å². The molecule has 0 aliphatic carbocycles. The van der Waals surface area contributed by atoms with Crippen LogP contribution in [0.25, 0.3) is 0 Å². The minimum atomic E-state index is -2.62. The number of hydrogen-bond acceptors (Lipinski definition) is 8. The van der Waals surface area contributed by atoms with Crippen molar-refractivity contribution >= 4 is 5.97 Å². The number of carbonyl (C=O) groups is 1. The molecule has 0 unspecified atom stereocenters. The van der Waals surface area contributed by atoms with Crippen LogP contribution in [0.3, 0.4) is 0 Å². The number of aliphatic hydroxyl groups excluding tert-OH is 3. The van der Waals surface area contributed by atoms with Crippen molar-refractivity contribution < 1.29 is 38.8 Å². The molecule has 1 aromatic rings. The molecule has 1 aliphatic heterocycles. The van der Waals surface area contributed by atoms with Gasteiger partial charge in [0.05, 0.1) is 11.7 Å². The fraction of sp³-hybridized carbons (Fsp3) is 0.538. The average molecular weight is 335 g/mol. The highest BCUT2D eigenvalue weighted by molar-refractivity contribution is 5.71. The zero-order valence-electron chi connectivity index (χ0n) is 15.4. The number of nitrogens with zero attached hydrogens (tertiary/aromatic N) is 1. The SMILES string of the molecule is [2H]C([2H])([2H])n1ccc(=O)c(O[C@@H]2O[C@H](C(=O)[O-])[C@@H](O)[C@H](O)[C@H]2O)c1C.[NH4+]. The maximum absolute atomic E-state index is 12.0. The summed E-state index contributed by atoms with van der Waals surface area (Å²) in [5.41, 5.74) is -0.881. The molecule has 10 heteroatoms.